The van der Waals surface area contributed by atoms with E-state index in [9.17, 15) is 13.2 Å². The summed E-state index contributed by atoms with van der Waals surface area (Å²) in [5, 5.41) is 0.173. The molecule has 0 spiro atoms. The molecular weight excluding hydrogens is 275 g/mol. The Balaban J connectivity index is 3.17. The van der Waals surface area contributed by atoms with Gasteiger partial charge in [0.2, 0.25) is 5.91 Å². The largest absolute Gasteiger partial charge is 0.322 e. The average Bonchev–Trinajstić information content (AvgIpc) is 2.20. The number of hydrogen-bond acceptors (Lipinski definition) is 4. The molecule has 0 atom stereocenters. The Morgan fingerprint density at radius 3 is 2.56 bits per heavy atom. The van der Waals surface area contributed by atoms with Crippen molar-refractivity contribution < 1.29 is 13.2 Å². The highest BCUT2D eigenvalue weighted by Gasteiger charge is 2.20. The molecule has 0 heterocycles. The van der Waals surface area contributed by atoms with Gasteiger partial charge in [-0.2, -0.15) is 0 Å². The number of sulfonamides is 1. The van der Waals surface area contributed by atoms with E-state index in [1.807, 2.05) is 0 Å². The molecule has 0 unspecified atom stereocenters. The Kier molecular flexibility index (Phi) is 4.15. The van der Waals surface area contributed by atoms with Crippen LogP contribution in [0.5, 0.6) is 0 Å². The van der Waals surface area contributed by atoms with Crippen LogP contribution in [0.15, 0.2) is 23.1 Å². The highest BCUT2D eigenvalue weighted by atomic mass is 35.5. The first kappa shape index (κ1) is 13.2. The van der Waals surface area contributed by atoms with Crippen LogP contribution < -0.4 is 10.5 Å². The first-order valence-electron chi connectivity index (χ1n) is 4.07. The molecule has 0 aliphatic rings. The summed E-state index contributed by atoms with van der Waals surface area (Å²) in [6, 6.07) is 3.91. The van der Waals surface area contributed by atoms with E-state index in [1.54, 1.807) is 4.72 Å². The van der Waals surface area contributed by atoms with Gasteiger partial charge in [-0.15, -0.1) is 0 Å². The van der Waals surface area contributed by atoms with Crippen molar-refractivity contribution in [1.29, 1.82) is 0 Å². The van der Waals surface area contributed by atoms with Crippen molar-refractivity contribution in [1.82, 2.24) is 4.72 Å². The molecule has 0 saturated carbocycles. The lowest BCUT2D eigenvalue weighted by molar-refractivity contribution is -0.118. The number of benzene rings is 1. The third-order valence-corrected chi connectivity index (χ3v) is 3.71. The van der Waals surface area contributed by atoms with Crippen molar-refractivity contribution in [3.05, 3.63) is 28.2 Å². The quantitative estimate of drug-likeness (QED) is 0.857. The van der Waals surface area contributed by atoms with E-state index in [4.69, 9.17) is 28.9 Å². The lowest BCUT2D eigenvalue weighted by atomic mass is 10.4. The van der Waals surface area contributed by atoms with E-state index in [0.29, 0.717) is 0 Å². The monoisotopic (exact) mass is 282 g/mol. The van der Waals surface area contributed by atoms with Crippen molar-refractivity contribution >= 4 is 39.1 Å². The molecule has 1 aromatic carbocycles. The molecule has 0 radical (unpaired) electrons. The Hall–Kier alpha value is -0.820. The lowest BCUT2D eigenvalue weighted by Crippen LogP contribution is -2.35. The molecule has 88 valence electrons. The first-order valence-corrected chi connectivity index (χ1v) is 6.31. The van der Waals surface area contributed by atoms with Crippen LogP contribution in [0.3, 0.4) is 0 Å². The standard InChI is InChI=1S/C8H8Cl2N2O3S/c9-5-1-2-6(10)7(3-5)16(14,15)12-8(13)4-11/h1-3H,4,11H2,(H,12,13). The number of amides is 1. The van der Waals surface area contributed by atoms with E-state index in [2.05, 4.69) is 0 Å². The molecular formula is C8H8Cl2N2O3S. The van der Waals surface area contributed by atoms with Crippen molar-refractivity contribution in [2.24, 2.45) is 5.73 Å². The van der Waals surface area contributed by atoms with Crippen LogP contribution in [-0.4, -0.2) is 20.9 Å². The van der Waals surface area contributed by atoms with Crippen LogP contribution >= 0.6 is 23.2 Å². The highest BCUT2D eigenvalue weighted by molar-refractivity contribution is 7.90. The molecule has 0 bridgehead atoms. The van der Waals surface area contributed by atoms with Gasteiger partial charge in [-0.05, 0) is 18.2 Å². The second-order valence-electron chi connectivity index (χ2n) is 2.81. The number of hydrogen-bond donors (Lipinski definition) is 2. The van der Waals surface area contributed by atoms with E-state index in [0.717, 1.165) is 6.07 Å². The van der Waals surface area contributed by atoms with Crippen LogP contribution in [0.1, 0.15) is 0 Å². The maximum Gasteiger partial charge on any atom is 0.265 e. The third kappa shape index (κ3) is 3.08. The van der Waals surface area contributed by atoms with E-state index in [-0.39, 0.29) is 14.9 Å². The summed E-state index contributed by atoms with van der Waals surface area (Å²) in [6.07, 6.45) is 0. The SMILES string of the molecule is NCC(=O)NS(=O)(=O)c1cc(Cl)ccc1Cl. The summed E-state index contributed by atoms with van der Waals surface area (Å²) >= 11 is 11.3. The molecule has 0 aliphatic carbocycles. The fourth-order valence-corrected chi connectivity index (χ4v) is 2.69. The molecule has 5 nitrogen and oxygen atoms in total. The van der Waals surface area contributed by atoms with Gasteiger partial charge in [0.15, 0.2) is 0 Å². The molecule has 0 saturated heterocycles. The van der Waals surface area contributed by atoms with Crippen LogP contribution in [-0.2, 0) is 14.8 Å². The van der Waals surface area contributed by atoms with Crippen LogP contribution in [0.2, 0.25) is 10.0 Å². The van der Waals surface area contributed by atoms with E-state index in [1.165, 1.54) is 12.1 Å². The zero-order valence-electron chi connectivity index (χ0n) is 7.91. The molecule has 1 aromatic rings. The highest BCUT2D eigenvalue weighted by Crippen LogP contribution is 2.24. The molecule has 8 heteroatoms. The van der Waals surface area contributed by atoms with Gasteiger partial charge in [0, 0.05) is 5.02 Å². The fourth-order valence-electron chi connectivity index (χ4n) is 0.930. The van der Waals surface area contributed by atoms with Crippen molar-refractivity contribution in [3.63, 3.8) is 0 Å². The van der Waals surface area contributed by atoms with Gasteiger partial charge < -0.3 is 5.73 Å². The zero-order valence-corrected chi connectivity index (χ0v) is 10.2. The summed E-state index contributed by atoms with van der Waals surface area (Å²) in [5.74, 6) is -0.823. The number of halogens is 2. The number of nitrogens with two attached hydrogens (primary N) is 1. The molecule has 16 heavy (non-hydrogen) atoms. The van der Waals surface area contributed by atoms with Crippen molar-refractivity contribution in [3.8, 4) is 0 Å². The topological polar surface area (TPSA) is 89.3 Å². The average molecular weight is 283 g/mol. The number of carbonyl (C=O) groups is 1. The normalized spacial score (nSPS) is 11.2. The van der Waals surface area contributed by atoms with E-state index < -0.39 is 22.5 Å². The number of nitrogens with one attached hydrogen (secondary N) is 1. The number of carbonyl (C=O) groups excluding carboxylic acids is 1. The first-order chi connectivity index (χ1) is 7.36. The second-order valence-corrected chi connectivity index (χ2v) is 5.30. The minimum absolute atomic E-state index is 0.0262. The molecule has 0 aromatic heterocycles. The minimum atomic E-state index is -4.02. The zero-order chi connectivity index (χ0) is 12.3. The second kappa shape index (κ2) is 5.01. The minimum Gasteiger partial charge on any atom is -0.322 e. The van der Waals surface area contributed by atoms with Gasteiger partial charge in [0.1, 0.15) is 4.90 Å². The summed E-state index contributed by atoms with van der Waals surface area (Å²) < 4.78 is 25.0. The Labute approximate surface area is 103 Å². The molecule has 1 amide bonds. The van der Waals surface area contributed by atoms with Gasteiger partial charge in [-0.3, -0.25) is 4.79 Å². The summed E-state index contributed by atoms with van der Waals surface area (Å²) in [6.45, 7) is -0.433. The van der Waals surface area contributed by atoms with Gasteiger partial charge >= 0.3 is 0 Å². The predicted molar refractivity (Wildman–Crippen MR) is 60.8 cm³/mol. The number of rotatable bonds is 3. The fraction of sp³-hybridized carbons (Fsp3) is 0.125. The maximum absolute atomic E-state index is 11.6. The molecule has 3 N–H and O–H groups in total. The summed E-state index contributed by atoms with van der Waals surface area (Å²) in [7, 11) is -4.02. The summed E-state index contributed by atoms with van der Waals surface area (Å²) in [5.41, 5.74) is 4.99. The molecule has 1 rings (SSSR count). The van der Waals surface area contributed by atoms with Crippen molar-refractivity contribution in [2.75, 3.05) is 6.54 Å². The molecule has 0 fully saturated rings. The lowest BCUT2D eigenvalue weighted by Gasteiger charge is -2.07. The smallest absolute Gasteiger partial charge is 0.265 e. The van der Waals surface area contributed by atoms with E-state index >= 15 is 0 Å². The van der Waals surface area contributed by atoms with Crippen LogP contribution in [0.25, 0.3) is 0 Å². The van der Waals surface area contributed by atoms with Gasteiger partial charge in [-0.25, -0.2) is 13.1 Å². The molecule has 0 aliphatic heterocycles. The Bertz CT molecular complexity index is 516. The van der Waals surface area contributed by atoms with Crippen LogP contribution in [0.4, 0.5) is 0 Å². The Morgan fingerprint density at radius 1 is 1.38 bits per heavy atom. The van der Waals surface area contributed by atoms with Gasteiger partial charge in [-0.1, -0.05) is 23.2 Å². The summed E-state index contributed by atoms with van der Waals surface area (Å²) in [4.78, 5) is 10.6. The van der Waals surface area contributed by atoms with Gasteiger partial charge in [0.25, 0.3) is 10.0 Å². The van der Waals surface area contributed by atoms with Crippen LogP contribution in [0, 0.1) is 0 Å². The maximum atomic E-state index is 11.6. The third-order valence-electron chi connectivity index (χ3n) is 1.62. The van der Waals surface area contributed by atoms with Crippen molar-refractivity contribution in [2.45, 2.75) is 4.90 Å². The predicted octanol–water partition coefficient (Wildman–Crippen LogP) is 0.757. The van der Waals surface area contributed by atoms with Gasteiger partial charge in [0.05, 0.1) is 11.6 Å². The Morgan fingerprint density at radius 2 is 2.00 bits per heavy atom.